The van der Waals surface area contributed by atoms with Gasteiger partial charge in [-0.25, -0.2) is 9.79 Å². The third kappa shape index (κ3) is 10.3. The van der Waals surface area contributed by atoms with Crippen LogP contribution in [0.5, 0.6) is 11.5 Å². The minimum absolute atomic E-state index is 0.0128. The molecule has 4 rings (SSSR count). The number of halogens is 3. The van der Waals surface area contributed by atoms with Crippen LogP contribution in [0.3, 0.4) is 0 Å². The monoisotopic (exact) mass is 674 g/mol. The van der Waals surface area contributed by atoms with Gasteiger partial charge in [0.1, 0.15) is 18.0 Å². The van der Waals surface area contributed by atoms with Crippen LogP contribution in [0.15, 0.2) is 83.9 Å². The van der Waals surface area contributed by atoms with Crippen LogP contribution in [-0.4, -0.2) is 59.4 Å². The van der Waals surface area contributed by atoms with Gasteiger partial charge in [0.15, 0.2) is 3.79 Å². The summed E-state index contributed by atoms with van der Waals surface area (Å²) in [6.07, 6.45) is 0.0635. The number of guanidine groups is 1. The molecule has 2 amide bonds. The van der Waals surface area contributed by atoms with E-state index in [0.29, 0.717) is 36.6 Å². The SMILES string of the molecule is CC(COC(=O)CN1Cc2cc(OCCCC(=O)N(C)c3ccccc3)ccc2N=C1NC(=O)Oc1ccccc1)C(Cl)(Cl)Cl. The molecule has 3 aromatic carbocycles. The maximum Gasteiger partial charge on any atom is 0.419 e. The molecular weight excluding hydrogens is 643 g/mol. The van der Waals surface area contributed by atoms with Gasteiger partial charge in [-0.15, -0.1) is 0 Å². The van der Waals surface area contributed by atoms with Gasteiger partial charge in [0.05, 0.1) is 18.9 Å². The van der Waals surface area contributed by atoms with Crippen LogP contribution in [0.25, 0.3) is 0 Å². The molecule has 0 radical (unpaired) electrons. The highest BCUT2D eigenvalue weighted by Gasteiger charge is 2.31. The van der Waals surface area contributed by atoms with Gasteiger partial charge in [0.2, 0.25) is 11.9 Å². The van der Waals surface area contributed by atoms with E-state index in [4.69, 9.17) is 49.0 Å². The van der Waals surface area contributed by atoms with E-state index in [1.165, 1.54) is 0 Å². The quantitative estimate of drug-likeness (QED) is 0.138. The lowest BCUT2D eigenvalue weighted by molar-refractivity contribution is -0.145. The number of aliphatic imine (C=N–C) groups is 1. The fourth-order valence-corrected chi connectivity index (χ4v) is 4.38. The van der Waals surface area contributed by atoms with E-state index < -0.39 is 21.8 Å². The van der Waals surface area contributed by atoms with Crippen molar-refractivity contribution in [2.75, 3.05) is 31.7 Å². The second-order valence-electron chi connectivity index (χ2n) is 10.3. The minimum atomic E-state index is -1.60. The van der Waals surface area contributed by atoms with Gasteiger partial charge < -0.3 is 24.0 Å². The Balaban J connectivity index is 1.40. The summed E-state index contributed by atoms with van der Waals surface area (Å²) in [5.41, 5.74) is 2.15. The van der Waals surface area contributed by atoms with Crippen molar-refractivity contribution in [1.82, 2.24) is 10.2 Å². The van der Waals surface area contributed by atoms with Crippen LogP contribution in [-0.2, 0) is 20.9 Å². The molecule has 0 spiro atoms. The molecule has 1 heterocycles. The summed E-state index contributed by atoms with van der Waals surface area (Å²) in [5.74, 6) is -0.150. The first kappa shape index (κ1) is 33.9. The second-order valence-corrected chi connectivity index (χ2v) is 12.6. The van der Waals surface area contributed by atoms with Crippen LogP contribution in [0.2, 0.25) is 0 Å². The summed E-state index contributed by atoms with van der Waals surface area (Å²) >= 11 is 17.7. The molecule has 1 unspecified atom stereocenters. The highest BCUT2D eigenvalue weighted by atomic mass is 35.6. The van der Waals surface area contributed by atoms with E-state index in [9.17, 15) is 14.4 Å². The molecule has 3 aromatic rings. The number of alkyl halides is 3. The number of benzene rings is 3. The number of hydrogen-bond acceptors (Lipinski definition) is 8. The number of esters is 1. The number of carbonyl (C=O) groups is 3. The molecule has 238 valence electrons. The summed E-state index contributed by atoms with van der Waals surface area (Å²) in [4.78, 5) is 45.7. The molecule has 0 bridgehead atoms. The Hall–Kier alpha value is -3.99. The average Bonchev–Trinajstić information content (AvgIpc) is 3.02. The van der Waals surface area contributed by atoms with E-state index in [0.717, 1.165) is 11.3 Å². The van der Waals surface area contributed by atoms with Crippen LogP contribution < -0.4 is 19.7 Å². The predicted molar refractivity (Wildman–Crippen MR) is 175 cm³/mol. The molecule has 0 fully saturated rings. The zero-order valence-electron chi connectivity index (χ0n) is 24.8. The number of nitrogens with zero attached hydrogens (tertiary/aromatic N) is 3. The van der Waals surface area contributed by atoms with Gasteiger partial charge in [0, 0.05) is 37.2 Å². The topological polar surface area (TPSA) is 110 Å². The van der Waals surface area contributed by atoms with E-state index in [2.05, 4.69) is 10.3 Å². The molecule has 45 heavy (non-hydrogen) atoms. The first-order chi connectivity index (χ1) is 21.5. The average molecular weight is 676 g/mol. The Kier molecular flexibility index (Phi) is 11.9. The molecule has 0 aliphatic carbocycles. The molecule has 1 atom stereocenters. The third-order valence-corrected chi connectivity index (χ3v) is 7.92. The highest BCUT2D eigenvalue weighted by molar-refractivity contribution is 6.67. The number of anilines is 1. The molecule has 0 aromatic heterocycles. The normalized spacial score (nSPS) is 13.2. The Morgan fingerprint density at radius 1 is 1.00 bits per heavy atom. The van der Waals surface area contributed by atoms with Crippen molar-refractivity contribution in [1.29, 1.82) is 0 Å². The van der Waals surface area contributed by atoms with Gasteiger partial charge in [0.25, 0.3) is 0 Å². The number of rotatable bonds is 11. The maximum absolute atomic E-state index is 12.8. The van der Waals surface area contributed by atoms with E-state index >= 15 is 0 Å². The predicted octanol–water partition coefficient (Wildman–Crippen LogP) is 6.65. The first-order valence-corrected chi connectivity index (χ1v) is 15.3. The summed E-state index contributed by atoms with van der Waals surface area (Å²) in [5, 5.41) is 2.62. The van der Waals surface area contributed by atoms with Gasteiger partial charge in [-0.05, 0) is 48.9 Å². The fraction of sp³-hybridized carbons (Fsp3) is 0.312. The zero-order valence-corrected chi connectivity index (χ0v) is 27.0. The number of amides is 2. The molecule has 1 N–H and O–H groups in total. The third-order valence-electron chi connectivity index (χ3n) is 6.80. The zero-order chi connectivity index (χ0) is 32.4. The maximum atomic E-state index is 12.8. The minimum Gasteiger partial charge on any atom is -0.494 e. The Morgan fingerprint density at radius 3 is 2.38 bits per heavy atom. The summed E-state index contributed by atoms with van der Waals surface area (Å²) in [6, 6.07) is 23.3. The van der Waals surface area contributed by atoms with Crippen molar-refractivity contribution >= 4 is 70.1 Å². The van der Waals surface area contributed by atoms with Gasteiger partial charge in [-0.3, -0.25) is 14.9 Å². The number of carbonyl (C=O) groups excluding carboxylic acids is 3. The van der Waals surface area contributed by atoms with Crippen LogP contribution in [0.1, 0.15) is 25.3 Å². The van der Waals surface area contributed by atoms with Gasteiger partial charge in [-0.2, -0.15) is 0 Å². The smallest absolute Gasteiger partial charge is 0.419 e. The van der Waals surface area contributed by atoms with Gasteiger partial charge in [-0.1, -0.05) is 78.1 Å². The highest BCUT2D eigenvalue weighted by Crippen LogP contribution is 2.35. The van der Waals surface area contributed by atoms with Crippen molar-refractivity contribution < 1.29 is 28.6 Å². The number of para-hydroxylation sites is 2. The molecule has 13 heteroatoms. The van der Waals surface area contributed by atoms with Gasteiger partial charge >= 0.3 is 12.1 Å². The Bertz CT molecular complexity index is 1500. The fourth-order valence-electron chi connectivity index (χ4n) is 4.19. The Labute approximate surface area is 276 Å². The first-order valence-electron chi connectivity index (χ1n) is 14.2. The standard InChI is InChI=1S/C32H33Cl3N4O6/c1-22(32(33,34)35)21-44-29(41)20-39-19-23-18-26(43-17-9-14-28(40)38(2)24-10-5-3-6-11-24)15-16-27(23)36-30(39)37-31(42)45-25-12-7-4-8-13-25/h3-8,10-13,15-16,18,22H,9,14,17,19-21H2,1-2H3,(H,36,37,42). The molecule has 10 nitrogen and oxygen atoms in total. The molecule has 0 saturated heterocycles. The summed E-state index contributed by atoms with van der Waals surface area (Å²) in [7, 11) is 1.75. The van der Waals surface area contributed by atoms with E-state index in [1.807, 2.05) is 30.3 Å². The molecular formula is C32H33Cl3N4O6. The lowest BCUT2D eigenvalue weighted by Gasteiger charge is -2.30. The lowest BCUT2D eigenvalue weighted by atomic mass is 10.1. The molecule has 1 aliphatic heterocycles. The van der Waals surface area contributed by atoms with E-state index in [1.54, 1.807) is 72.3 Å². The van der Waals surface area contributed by atoms with Crippen molar-refractivity contribution in [3.05, 3.63) is 84.4 Å². The van der Waals surface area contributed by atoms with Crippen LogP contribution >= 0.6 is 34.8 Å². The second kappa shape index (κ2) is 15.8. The van der Waals surface area contributed by atoms with Crippen molar-refractivity contribution in [2.24, 2.45) is 10.9 Å². The summed E-state index contributed by atoms with van der Waals surface area (Å²) in [6.45, 7) is 1.80. The van der Waals surface area contributed by atoms with Crippen LogP contribution in [0, 0.1) is 5.92 Å². The molecule has 1 aliphatic rings. The summed E-state index contributed by atoms with van der Waals surface area (Å²) < 4.78 is 15.0. The van der Waals surface area contributed by atoms with Crippen molar-refractivity contribution in [2.45, 2.75) is 30.1 Å². The van der Waals surface area contributed by atoms with E-state index in [-0.39, 0.29) is 31.6 Å². The number of hydrogen-bond donors (Lipinski definition) is 1. The van der Waals surface area contributed by atoms with Crippen molar-refractivity contribution in [3.8, 4) is 11.5 Å². The largest absolute Gasteiger partial charge is 0.494 e. The lowest BCUT2D eigenvalue weighted by Crippen LogP contribution is -2.48. The number of nitrogens with one attached hydrogen (secondary N) is 1. The molecule has 0 saturated carbocycles. The van der Waals surface area contributed by atoms with Crippen LogP contribution in [0.4, 0.5) is 16.2 Å². The Morgan fingerprint density at radius 2 is 1.69 bits per heavy atom. The van der Waals surface area contributed by atoms with Crippen molar-refractivity contribution in [3.63, 3.8) is 0 Å². The number of ether oxygens (including phenoxy) is 3. The number of fused-ring (bicyclic) bond motifs is 1.